The van der Waals surface area contributed by atoms with Crippen LogP contribution in [0, 0.1) is 0 Å². The highest BCUT2D eigenvalue weighted by Crippen LogP contribution is 2.20. The molecule has 3 aromatic rings. The van der Waals surface area contributed by atoms with Gasteiger partial charge in [-0.3, -0.25) is 4.79 Å². The molecule has 1 N–H and O–H groups in total. The Morgan fingerprint density at radius 1 is 1.10 bits per heavy atom. The van der Waals surface area contributed by atoms with Crippen LogP contribution in [-0.4, -0.2) is 57.3 Å². The third-order valence-corrected chi connectivity index (χ3v) is 6.75. The van der Waals surface area contributed by atoms with Crippen LogP contribution in [0.15, 0.2) is 53.3 Å². The van der Waals surface area contributed by atoms with E-state index in [2.05, 4.69) is 26.8 Å². The number of fused-ring (bicyclic) bond motifs is 1. The second-order valence-electron chi connectivity index (χ2n) is 7.37. The molecule has 4 rings (SSSR count). The van der Waals surface area contributed by atoms with Crippen molar-refractivity contribution in [2.75, 3.05) is 33.2 Å². The van der Waals surface area contributed by atoms with Crippen molar-refractivity contribution in [1.82, 2.24) is 19.8 Å². The summed E-state index contributed by atoms with van der Waals surface area (Å²) < 4.78 is 0.934. The van der Waals surface area contributed by atoms with Crippen molar-refractivity contribution in [2.24, 2.45) is 0 Å². The summed E-state index contributed by atoms with van der Waals surface area (Å²) in [6.45, 7) is 4.05. The Hall–Kier alpha value is -2.22. The first-order valence-corrected chi connectivity index (χ1v) is 11.1. The van der Waals surface area contributed by atoms with Gasteiger partial charge in [-0.1, -0.05) is 60.4 Å². The molecule has 0 bridgehead atoms. The number of piperazine rings is 1. The summed E-state index contributed by atoms with van der Waals surface area (Å²) in [7, 11) is 2.14. The van der Waals surface area contributed by atoms with Crippen molar-refractivity contribution < 1.29 is 0 Å². The number of hydrogen-bond acceptors (Lipinski definition) is 5. The highest BCUT2D eigenvalue weighted by molar-refractivity contribution is 8.22. The number of hydrogen-bond donors (Lipinski definition) is 1. The van der Waals surface area contributed by atoms with Gasteiger partial charge in [-0.15, -0.1) is 0 Å². The van der Waals surface area contributed by atoms with Crippen molar-refractivity contribution in [1.29, 1.82) is 0 Å². The van der Waals surface area contributed by atoms with E-state index in [4.69, 9.17) is 12.2 Å². The van der Waals surface area contributed by atoms with Gasteiger partial charge in [0, 0.05) is 38.4 Å². The Balaban J connectivity index is 1.45. The predicted octanol–water partition coefficient (Wildman–Crippen LogP) is 3.28. The van der Waals surface area contributed by atoms with Gasteiger partial charge in [-0.25, -0.2) is 4.98 Å². The summed E-state index contributed by atoms with van der Waals surface area (Å²) in [5.41, 5.74) is 2.85. The Bertz CT molecular complexity index is 1060. The zero-order valence-electron chi connectivity index (χ0n) is 16.4. The molecule has 1 aromatic heterocycles. The normalized spacial score (nSPS) is 15.0. The number of aromatic nitrogens is 2. The number of H-pyrrole nitrogens is 1. The summed E-state index contributed by atoms with van der Waals surface area (Å²) in [6.07, 6.45) is 0.614. The molecule has 29 heavy (non-hydrogen) atoms. The van der Waals surface area contributed by atoms with Gasteiger partial charge in [0.1, 0.15) is 10.1 Å². The monoisotopic (exact) mass is 424 g/mol. The number of nitrogens with one attached hydrogen (secondary N) is 1. The van der Waals surface area contributed by atoms with E-state index in [1.807, 2.05) is 48.5 Å². The molecule has 7 heteroatoms. The number of thioether (sulfide) groups is 1. The van der Waals surface area contributed by atoms with Gasteiger partial charge < -0.3 is 14.8 Å². The van der Waals surface area contributed by atoms with Gasteiger partial charge in [0.2, 0.25) is 0 Å². The summed E-state index contributed by atoms with van der Waals surface area (Å²) in [5.74, 6) is 1.44. The lowest BCUT2D eigenvalue weighted by atomic mass is 10.1. The molecular weight excluding hydrogens is 400 g/mol. The second kappa shape index (κ2) is 9.07. The van der Waals surface area contributed by atoms with Crippen LogP contribution >= 0.6 is 24.0 Å². The highest BCUT2D eigenvalue weighted by atomic mass is 32.2. The van der Waals surface area contributed by atoms with Gasteiger partial charge in [-0.2, -0.15) is 0 Å². The molecule has 0 unspecified atom stereocenters. The second-order valence-corrected chi connectivity index (χ2v) is 8.98. The van der Waals surface area contributed by atoms with E-state index in [9.17, 15) is 4.79 Å². The van der Waals surface area contributed by atoms with Gasteiger partial charge in [0.05, 0.1) is 10.9 Å². The molecule has 1 aliphatic heterocycles. The molecule has 1 fully saturated rings. The summed E-state index contributed by atoms with van der Waals surface area (Å²) >= 11 is 7.27. The molecule has 0 radical (unpaired) electrons. The molecule has 2 aromatic carbocycles. The minimum Gasteiger partial charge on any atom is -0.355 e. The predicted molar refractivity (Wildman–Crippen MR) is 125 cm³/mol. The smallest absolute Gasteiger partial charge is 0.258 e. The highest BCUT2D eigenvalue weighted by Gasteiger charge is 2.16. The van der Waals surface area contributed by atoms with Crippen LogP contribution in [0.1, 0.15) is 17.0 Å². The standard InChI is InChI=1S/C22H24N4OS2/c1-25-9-11-26(12-10-25)22(28)29-15-17-7-8-19-18(13-17)21(27)24-20(23-19)14-16-5-3-2-4-6-16/h2-8,13H,9-12,14-15H2,1H3,(H,23,24,27). The number of thiocarbonyl (C=S) groups is 1. The Labute approximate surface area is 180 Å². The van der Waals surface area contributed by atoms with Crippen LogP contribution in [0.25, 0.3) is 10.9 Å². The molecule has 1 aliphatic rings. The molecule has 0 atom stereocenters. The number of likely N-dealkylation sites (N-methyl/N-ethyl adjacent to an activating group) is 1. The van der Waals surface area contributed by atoms with Gasteiger partial charge in [-0.05, 0) is 30.3 Å². The first-order valence-electron chi connectivity index (χ1n) is 9.74. The largest absolute Gasteiger partial charge is 0.355 e. The third-order valence-electron chi connectivity index (χ3n) is 5.16. The fraction of sp³-hybridized carbons (Fsp3) is 0.318. The van der Waals surface area contributed by atoms with Crippen molar-refractivity contribution in [2.45, 2.75) is 12.2 Å². The van der Waals surface area contributed by atoms with E-state index in [1.54, 1.807) is 11.8 Å². The van der Waals surface area contributed by atoms with Crippen molar-refractivity contribution in [3.63, 3.8) is 0 Å². The molecule has 2 heterocycles. The minimum absolute atomic E-state index is 0.0885. The van der Waals surface area contributed by atoms with Crippen LogP contribution in [0.5, 0.6) is 0 Å². The number of nitrogens with zero attached hydrogens (tertiary/aromatic N) is 3. The van der Waals surface area contributed by atoms with Crippen molar-refractivity contribution in [3.05, 3.63) is 75.8 Å². The molecule has 150 valence electrons. The number of rotatable bonds is 4. The lowest BCUT2D eigenvalue weighted by molar-refractivity contribution is 0.220. The minimum atomic E-state index is -0.0885. The van der Waals surface area contributed by atoms with E-state index in [0.717, 1.165) is 52.9 Å². The van der Waals surface area contributed by atoms with E-state index in [1.165, 1.54) is 0 Å². The van der Waals surface area contributed by atoms with Crippen LogP contribution in [0.2, 0.25) is 0 Å². The van der Waals surface area contributed by atoms with Crippen molar-refractivity contribution in [3.8, 4) is 0 Å². The van der Waals surface area contributed by atoms with E-state index >= 15 is 0 Å². The zero-order chi connectivity index (χ0) is 20.2. The Morgan fingerprint density at radius 2 is 1.86 bits per heavy atom. The Morgan fingerprint density at radius 3 is 2.62 bits per heavy atom. The molecule has 0 saturated carbocycles. The zero-order valence-corrected chi connectivity index (χ0v) is 18.1. The van der Waals surface area contributed by atoms with E-state index in [-0.39, 0.29) is 5.56 Å². The fourth-order valence-corrected chi connectivity index (χ4v) is 4.62. The van der Waals surface area contributed by atoms with Crippen LogP contribution in [0.3, 0.4) is 0 Å². The molecule has 0 amide bonds. The maximum absolute atomic E-state index is 12.6. The summed E-state index contributed by atoms with van der Waals surface area (Å²) in [4.78, 5) is 24.8. The molecular formula is C22H24N4OS2. The maximum atomic E-state index is 12.6. The first kappa shape index (κ1) is 20.1. The van der Waals surface area contributed by atoms with Gasteiger partial charge in [0.15, 0.2) is 0 Å². The molecule has 0 spiro atoms. The lowest BCUT2D eigenvalue weighted by Gasteiger charge is -2.33. The maximum Gasteiger partial charge on any atom is 0.258 e. The van der Waals surface area contributed by atoms with Crippen molar-refractivity contribution >= 4 is 39.2 Å². The van der Waals surface area contributed by atoms with Crippen LogP contribution < -0.4 is 5.56 Å². The molecule has 5 nitrogen and oxygen atoms in total. The first-order chi connectivity index (χ1) is 14.1. The quantitative estimate of drug-likeness (QED) is 0.649. The third kappa shape index (κ3) is 5.04. The van der Waals surface area contributed by atoms with Crippen LogP contribution in [0.4, 0.5) is 0 Å². The Kier molecular flexibility index (Phi) is 6.28. The van der Waals surface area contributed by atoms with Gasteiger partial charge in [0.25, 0.3) is 5.56 Å². The topological polar surface area (TPSA) is 52.2 Å². The van der Waals surface area contributed by atoms with Gasteiger partial charge >= 0.3 is 0 Å². The number of benzene rings is 2. The fourth-order valence-electron chi connectivity index (χ4n) is 3.42. The molecule has 1 saturated heterocycles. The number of aromatic amines is 1. The summed E-state index contributed by atoms with van der Waals surface area (Å²) in [5, 5.41) is 0.630. The average molecular weight is 425 g/mol. The lowest BCUT2D eigenvalue weighted by Crippen LogP contribution is -2.45. The summed E-state index contributed by atoms with van der Waals surface area (Å²) in [6, 6.07) is 16.0. The average Bonchev–Trinajstić information content (AvgIpc) is 2.73. The van der Waals surface area contributed by atoms with E-state index in [0.29, 0.717) is 17.6 Å². The van der Waals surface area contributed by atoms with E-state index < -0.39 is 0 Å². The van der Waals surface area contributed by atoms with Crippen LogP contribution in [-0.2, 0) is 12.2 Å². The SMILES string of the molecule is CN1CCN(C(=S)SCc2ccc3nc(Cc4ccccc4)[nH]c(=O)c3c2)CC1. The molecule has 0 aliphatic carbocycles.